The largest absolute Gasteiger partial charge is 0.465 e. The molecule has 0 radical (unpaired) electrons. The number of aromatic nitrogens is 1. The molecular formula is C24H31N3O3. The van der Waals surface area contributed by atoms with Gasteiger partial charge in [0, 0.05) is 42.7 Å². The maximum absolute atomic E-state index is 13.6. The molecule has 2 N–H and O–H groups in total. The lowest BCUT2D eigenvalue weighted by molar-refractivity contribution is -0.140. The highest BCUT2D eigenvalue weighted by Crippen LogP contribution is 2.49. The van der Waals surface area contributed by atoms with Gasteiger partial charge in [-0.3, -0.25) is 4.79 Å². The summed E-state index contributed by atoms with van der Waals surface area (Å²) in [6.07, 6.45) is 6.10. The number of nitrogens with one attached hydrogen (secondary N) is 1. The summed E-state index contributed by atoms with van der Waals surface area (Å²) < 4.78 is 0. The summed E-state index contributed by atoms with van der Waals surface area (Å²) in [7, 11) is 1.63. The molecule has 1 atom stereocenters. The predicted molar refractivity (Wildman–Crippen MR) is 115 cm³/mol. The zero-order chi connectivity index (χ0) is 20.8. The van der Waals surface area contributed by atoms with Gasteiger partial charge in [-0.15, -0.1) is 0 Å². The zero-order valence-electron chi connectivity index (χ0n) is 17.6. The highest BCUT2D eigenvalue weighted by Gasteiger charge is 2.44. The molecule has 2 aliphatic carbocycles. The molecule has 2 amide bonds. The molecule has 2 fully saturated rings. The van der Waals surface area contributed by atoms with Crippen LogP contribution in [0.5, 0.6) is 0 Å². The van der Waals surface area contributed by atoms with E-state index < -0.39 is 6.09 Å². The van der Waals surface area contributed by atoms with Crippen molar-refractivity contribution in [3.63, 3.8) is 0 Å². The van der Waals surface area contributed by atoms with Crippen LogP contribution in [0.2, 0.25) is 0 Å². The van der Waals surface area contributed by atoms with Gasteiger partial charge in [0.25, 0.3) is 0 Å². The summed E-state index contributed by atoms with van der Waals surface area (Å²) in [5.41, 5.74) is 3.87. The lowest BCUT2D eigenvalue weighted by Crippen LogP contribution is -2.45. The SMILES string of the molecule is CN(C[C@H]1CC[C@H](C(=O)N2CCc3c([nH]c4ccccc34)C2C2CC2)CC1)C(=O)O. The molecule has 2 heterocycles. The predicted octanol–water partition coefficient (Wildman–Crippen LogP) is 4.42. The maximum atomic E-state index is 13.6. The third-order valence-corrected chi connectivity index (χ3v) is 7.49. The van der Waals surface area contributed by atoms with Crippen LogP contribution in [0, 0.1) is 17.8 Å². The van der Waals surface area contributed by atoms with E-state index in [4.69, 9.17) is 5.11 Å². The Bertz CT molecular complexity index is 956. The third kappa shape index (κ3) is 3.46. The minimum absolute atomic E-state index is 0.0866. The third-order valence-electron chi connectivity index (χ3n) is 7.49. The molecule has 30 heavy (non-hydrogen) atoms. The number of carbonyl (C=O) groups excluding carboxylic acids is 1. The van der Waals surface area contributed by atoms with Gasteiger partial charge >= 0.3 is 6.09 Å². The first-order chi connectivity index (χ1) is 14.5. The van der Waals surface area contributed by atoms with Gasteiger partial charge in [0.1, 0.15) is 0 Å². The van der Waals surface area contributed by atoms with Gasteiger partial charge in [0.05, 0.1) is 6.04 Å². The number of benzene rings is 1. The summed E-state index contributed by atoms with van der Waals surface area (Å²) in [4.78, 5) is 31.9. The number of hydrogen-bond acceptors (Lipinski definition) is 2. The fraction of sp³-hybridized carbons (Fsp3) is 0.583. The summed E-state index contributed by atoms with van der Waals surface area (Å²) in [5.74, 6) is 1.36. The van der Waals surface area contributed by atoms with Crippen LogP contribution in [0.25, 0.3) is 10.9 Å². The Balaban J connectivity index is 1.31. The lowest BCUT2D eigenvalue weighted by atomic mass is 9.80. The second-order valence-corrected chi connectivity index (χ2v) is 9.51. The van der Waals surface area contributed by atoms with Crippen LogP contribution in [0.3, 0.4) is 0 Å². The first-order valence-electron chi connectivity index (χ1n) is 11.4. The molecule has 1 unspecified atom stereocenters. The van der Waals surface area contributed by atoms with Gasteiger partial charge in [-0.25, -0.2) is 4.79 Å². The molecule has 1 aromatic heterocycles. The van der Waals surface area contributed by atoms with Crippen LogP contribution < -0.4 is 0 Å². The Morgan fingerprint density at radius 3 is 2.57 bits per heavy atom. The molecule has 0 spiro atoms. The highest BCUT2D eigenvalue weighted by atomic mass is 16.4. The molecule has 2 aromatic rings. The van der Waals surface area contributed by atoms with E-state index in [0.717, 1.165) is 38.6 Å². The van der Waals surface area contributed by atoms with E-state index in [1.54, 1.807) is 7.05 Å². The molecule has 2 saturated carbocycles. The van der Waals surface area contributed by atoms with Crippen molar-refractivity contribution in [3.05, 3.63) is 35.5 Å². The van der Waals surface area contributed by atoms with Crippen molar-refractivity contribution < 1.29 is 14.7 Å². The van der Waals surface area contributed by atoms with Crippen molar-refractivity contribution in [1.29, 1.82) is 0 Å². The summed E-state index contributed by atoms with van der Waals surface area (Å²) in [6.45, 7) is 1.39. The lowest BCUT2D eigenvalue weighted by Gasteiger charge is -2.40. The fourth-order valence-corrected chi connectivity index (χ4v) is 5.71. The molecule has 1 aliphatic heterocycles. The number of hydrogen-bond donors (Lipinski definition) is 2. The highest BCUT2D eigenvalue weighted by molar-refractivity contribution is 5.86. The zero-order valence-corrected chi connectivity index (χ0v) is 17.6. The standard InChI is InChI=1S/C24H31N3O3/c1-26(24(29)30)14-15-6-8-17(9-7-15)23(28)27-13-12-19-18-4-2-3-5-20(18)25-21(19)22(27)16-10-11-16/h2-5,15-17,22,25H,6-14H2,1H3,(H,29,30)/t15-,17-,22?. The number of carbonyl (C=O) groups is 2. The number of aromatic amines is 1. The van der Waals surface area contributed by atoms with E-state index in [9.17, 15) is 9.59 Å². The number of carboxylic acid groups (broad SMARTS) is 1. The minimum atomic E-state index is -0.872. The number of amides is 2. The van der Waals surface area contributed by atoms with Crippen molar-refractivity contribution >= 4 is 22.9 Å². The molecule has 5 rings (SSSR count). The van der Waals surface area contributed by atoms with Crippen LogP contribution in [-0.4, -0.2) is 52.0 Å². The summed E-state index contributed by atoms with van der Waals surface area (Å²) >= 11 is 0. The quantitative estimate of drug-likeness (QED) is 0.785. The topological polar surface area (TPSA) is 76.6 Å². The van der Waals surface area contributed by atoms with Crippen molar-refractivity contribution in [2.75, 3.05) is 20.1 Å². The van der Waals surface area contributed by atoms with Crippen molar-refractivity contribution in [2.45, 2.75) is 51.0 Å². The van der Waals surface area contributed by atoms with Gasteiger partial charge in [-0.05, 0) is 68.4 Å². The Morgan fingerprint density at radius 2 is 1.87 bits per heavy atom. The molecule has 6 nitrogen and oxygen atoms in total. The molecule has 1 aromatic carbocycles. The molecule has 6 heteroatoms. The number of fused-ring (bicyclic) bond motifs is 3. The molecular weight excluding hydrogens is 378 g/mol. The van der Waals surface area contributed by atoms with Gasteiger partial charge in [0.2, 0.25) is 5.91 Å². The molecule has 0 bridgehead atoms. The average Bonchev–Trinajstić information content (AvgIpc) is 3.52. The number of nitrogens with zero attached hydrogens (tertiary/aromatic N) is 2. The van der Waals surface area contributed by atoms with Gasteiger partial charge < -0.3 is 19.9 Å². The Morgan fingerprint density at radius 1 is 1.13 bits per heavy atom. The Kier molecular flexibility index (Phi) is 4.95. The minimum Gasteiger partial charge on any atom is -0.465 e. The van der Waals surface area contributed by atoms with Gasteiger partial charge in [0.15, 0.2) is 0 Å². The second-order valence-electron chi connectivity index (χ2n) is 9.51. The van der Waals surface area contributed by atoms with Gasteiger partial charge in [-0.2, -0.15) is 0 Å². The molecule has 160 valence electrons. The van der Waals surface area contributed by atoms with Crippen LogP contribution in [0.4, 0.5) is 4.79 Å². The van der Waals surface area contributed by atoms with Crippen molar-refractivity contribution in [1.82, 2.24) is 14.8 Å². The van der Waals surface area contributed by atoms with E-state index in [1.807, 2.05) is 0 Å². The Labute approximate surface area is 177 Å². The summed E-state index contributed by atoms with van der Waals surface area (Å²) in [6, 6.07) is 8.70. The normalized spacial score (nSPS) is 26.4. The van der Waals surface area contributed by atoms with E-state index in [2.05, 4.69) is 34.1 Å². The fourth-order valence-electron chi connectivity index (χ4n) is 5.71. The average molecular weight is 410 g/mol. The van der Waals surface area contributed by atoms with Crippen LogP contribution in [0.1, 0.15) is 55.8 Å². The molecule has 3 aliphatic rings. The number of para-hydroxylation sites is 1. The summed E-state index contributed by atoms with van der Waals surface area (Å²) in [5, 5.41) is 10.4. The van der Waals surface area contributed by atoms with E-state index in [0.29, 0.717) is 24.3 Å². The van der Waals surface area contributed by atoms with Crippen LogP contribution >= 0.6 is 0 Å². The number of rotatable bonds is 4. The maximum Gasteiger partial charge on any atom is 0.407 e. The van der Waals surface area contributed by atoms with E-state index in [1.165, 1.54) is 39.9 Å². The monoisotopic (exact) mass is 409 g/mol. The van der Waals surface area contributed by atoms with Gasteiger partial charge in [-0.1, -0.05) is 18.2 Å². The first-order valence-corrected chi connectivity index (χ1v) is 11.4. The molecule has 0 saturated heterocycles. The first kappa shape index (κ1) is 19.5. The van der Waals surface area contributed by atoms with Crippen LogP contribution in [0.15, 0.2) is 24.3 Å². The smallest absolute Gasteiger partial charge is 0.407 e. The van der Waals surface area contributed by atoms with Crippen molar-refractivity contribution in [3.8, 4) is 0 Å². The number of H-pyrrole nitrogens is 1. The van der Waals surface area contributed by atoms with E-state index in [-0.39, 0.29) is 12.0 Å². The van der Waals surface area contributed by atoms with Crippen molar-refractivity contribution in [2.24, 2.45) is 17.8 Å². The van der Waals surface area contributed by atoms with Crippen LogP contribution in [-0.2, 0) is 11.2 Å². The Hall–Kier alpha value is -2.50. The van der Waals surface area contributed by atoms with E-state index >= 15 is 0 Å². The second kappa shape index (κ2) is 7.64.